The molecule has 1 unspecified atom stereocenters. The van der Waals surface area contributed by atoms with Crippen LogP contribution in [0.3, 0.4) is 0 Å². The van der Waals surface area contributed by atoms with E-state index in [1.54, 1.807) is 0 Å². The molecule has 5 nitrogen and oxygen atoms in total. The summed E-state index contributed by atoms with van der Waals surface area (Å²) >= 11 is 5.91. The molecule has 1 aliphatic heterocycles. The van der Waals surface area contributed by atoms with Crippen LogP contribution < -0.4 is 0 Å². The van der Waals surface area contributed by atoms with E-state index < -0.39 is 17.8 Å². The number of methoxy groups -OCH3 is 1. The van der Waals surface area contributed by atoms with Crippen molar-refractivity contribution < 1.29 is 23.5 Å². The fourth-order valence-corrected chi connectivity index (χ4v) is 2.42. The molecule has 1 amide bonds. The largest absolute Gasteiger partial charge is 0.467 e. The second-order valence-corrected chi connectivity index (χ2v) is 4.99. The van der Waals surface area contributed by atoms with Crippen LogP contribution in [0, 0.1) is 5.82 Å². The van der Waals surface area contributed by atoms with Gasteiger partial charge in [-0.1, -0.05) is 17.7 Å². The number of hydrogen-bond acceptors (Lipinski definition) is 4. The molecule has 0 radical (unpaired) electrons. The van der Waals surface area contributed by atoms with Gasteiger partial charge in [-0.2, -0.15) is 0 Å². The van der Waals surface area contributed by atoms with Crippen molar-refractivity contribution in [3.63, 3.8) is 0 Å². The predicted molar refractivity (Wildman–Crippen MR) is 73.5 cm³/mol. The Morgan fingerprint density at radius 2 is 2.29 bits per heavy atom. The predicted octanol–water partition coefficient (Wildman–Crippen LogP) is 1.42. The van der Waals surface area contributed by atoms with Gasteiger partial charge in [-0.25, -0.2) is 9.18 Å². The van der Waals surface area contributed by atoms with Crippen molar-refractivity contribution in [1.29, 1.82) is 0 Å². The molecule has 1 atom stereocenters. The van der Waals surface area contributed by atoms with Gasteiger partial charge in [0.1, 0.15) is 5.82 Å². The van der Waals surface area contributed by atoms with Crippen molar-refractivity contribution in [3.05, 3.63) is 34.6 Å². The van der Waals surface area contributed by atoms with E-state index in [0.29, 0.717) is 6.61 Å². The first-order valence-corrected chi connectivity index (χ1v) is 6.80. The first-order valence-electron chi connectivity index (χ1n) is 6.42. The molecule has 1 saturated heterocycles. The number of morpholine rings is 1. The van der Waals surface area contributed by atoms with Gasteiger partial charge in [0.25, 0.3) is 0 Å². The van der Waals surface area contributed by atoms with E-state index >= 15 is 0 Å². The number of hydrogen-bond donors (Lipinski definition) is 0. The van der Waals surface area contributed by atoms with Gasteiger partial charge in [-0.15, -0.1) is 0 Å². The summed E-state index contributed by atoms with van der Waals surface area (Å²) < 4.78 is 23.6. The van der Waals surface area contributed by atoms with Gasteiger partial charge in [0.2, 0.25) is 5.91 Å². The van der Waals surface area contributed by atoms with E-state index in [0.717, 1.165) is 0 Å². The summed E-state index contributed by atoms with van der Waals surface area (Å²) in [6.07, 6.45) is -0.209. The molecule has 7 heteroatoms. The minimum absolute atomic E-state index is 0.0728. The van der Waals surface area contributed by atoms with Crippen molar-refractivity contribution in [2.24, 2.45) is 0 Å². The molecule has 1 heterocycles. The highest BCUT2D eigenvalue weighted by Crippen LogP contribution is 2.21. The number of ether oxygens (including phenoxy) is 2. The van der Waals surface area contributed by atoms with Crippen molar-refractivity contribution in [2.75, 3.05) is 26.9 Å². The number of carbonyl (C=O) groups excluding carboxylic acids is 2. The highest BCUT2D eigenvalue weighted by molar-refractivity contribution is 6.31. The Kier molecular flexibility index (Phi) is 5.14. The second-order valence-electron chi connectivity index (χ2n) is 4.58. The average Bonchev–Trinajstić information content (AvgIpc) is 2.50. The number of nitrogens with zero attached hydrogens (tertiary/aromatic N) is 1. The zero-order valence-corrected chi connectivity index (χ0v) is 12.2. The number of amides is 1. The second kappa shape index (κ2) is 6.87. The van der Waals surface area contributed by atoms with Crippen LogP contribution in [0.1, 0.15) is 5.56 Å². The normalized spacial score (nSPS) is 18.4. The summed E-state index contributed by atoms with van der Waals surface area (Å²) in [5.74, 6) is -1.48. The Labute approximate surface area is 126 Å². The Hall–Kier alpha value is -1.66. The summed E-state index contributed by atoms with van der Waals surface area (Å²) in [4.78, 5) is 25.4. The van der Waals surface area contributed by atoms with Gasteiger partial charge in [0.05, 0.1) is 26.7 Å². The number of carbonyl (C=O) groups is 2. The van der Waals surface area contributed by atoms with E-state index in [2.05, 4.69) is 4.74 Å². The fourth-order valence-electron chi connectivity index (χ4n) is 2.19. The minimum atomic E-state index is -0.804. The molecule has 2 rings (SSSR count). The summed E-state index contributed by atoms with van der Waals surface area (Å²) in [7, 11) is 1.24. The van der Waals surface area contributed by atoms with Gasteiger partial charge >= 0.3 is 5.97 Å². The molecule has 0 N–H and O–H groups in total. The maximum Gasteiger partial charge on any atom is 0.331 e. The van der Waals surface area contributed by atoms with Gasteiger partial charge in [0.15, 0.2) is 6.04 Å². The van der Waals surface area contributed by atoms with Crippen LogP contribution in [0.15, 0.2) is 18.2 Å². The molecule has 0 aromatic heterocycles. The Morgan fingerprint density at radius 3 is 2.95 bits per heavy atom. The van der Waals surface area contributed by atoms with Gasteiger partial charge < -0.3 is 14.4 Å². The van der Waals surface area contributed by atoms with Gasteiger partial charge in [-0.05, 0) is 12.1 Å². The van der Waals surface area contributed by atoms with E-state index in [4.69, 9.17) is 16.3 Å². The van der Waals surface area contributed by atoms with Crippen LogP contribution in [0.2, 0.25) is 5.02 Å². The summed E-state index contributed by atoms with van der Waals surface area (Å²) in [6, 6.07) is 3.43. The average molecular weight is 316 g/mol. The first kappa shape index (κ1) is 15.7. The molecule has 1 aromatic rings. The summed E-state index contributed by atoms with van der Waals surface area (Å²) in [6.45, 7) is 0.651. The van der Waals surface area contributed by atoms with Crippen LogP contribution in [-0.4, -0.2) is 49.7 Å². The van der Waals surface area contributed by atoms with E-state index in [-0.39, 0.29) is 36.1 Å². The zero-order chi connectivity index (χ0) is 15.4. The summed E-state index contributed by atoms with van der Waals surface area (Å²) in [5.41, 5.74) is 0.124. The number of benzene rings is 1. The van der Waals surface area contributed by atoms with Crippen molar-refractivity contribution in [3.8, 4) is 0 Å². The standard InChI is InChI=1S/C14H15ClFNO4/c1-20-14(19)12-8-21-6-5-17(12)13(18)7-9-10(15)3-2-4-11(9)16/h2-4,12H,5-8H2,1H3. The van der Waals surface area contributed by atoms with Crippen LogP contribution in [0.25, 0.3) is 0 Å². The third-order valence-corrected chi connectivity index (χ3v) is 3.67. The Balaban J connectivity index is 2.16. The Bertz CT molecular complexity index is 532. The maximum atomic E-state index is 13.7. The van der Waals surface area contributed by atoms with Crippen molar-refractivity contribution >= 4 is 23.5 Å². The third kappa shape index (κ3) is 3.51. The zero-order valence-electron chi connectivity index (χ0n) is 11.5. The molecule has 1 aliphatic rings. The molecule has 21 heavy (non-hydrogen) atoms. The molecule has 0 bridgehead atoms. The maximum absolute atomic E-state index is 13.7. The number of rotatable bonds is 3. The fraction of sp³-hybridized carbons (Fsp3) is 0.429. The lowest BCUT2D eigenvalue weighted by Gasteiger charge is -2.33. The third-order valence-electron chi connectivity index (χ3n) is 3.31. The van der Waals surface area contributed by atoms with Crippen LogP contribution in [0.4, 0.5) is 4.39 Å². The molecule has 0 aliphatic carbocycles. The highest BCUT2D eigenvalue weighted by Gasteiger charge is 2.33. The van der Waals surface area contributed by atoms with Gasteiger partial charge in [-0.3, -0.25) is 4.79 Å². The lowest BCUT2D eigenvalue weighted by molar-refractivity contribution is -0.160. The SMILES string of the molecule is COC(=O)C1COCCN1C(=O)Cc1c(F)cccc1Cl. The topological polar surface area (TPSA) is 55.8 Å². The number of esters is 1. The number of halogens is 2. The monoisotopic (exact) mass is 315 g/mol. The van der Waals surface area contributed by atoms with Crippen LogP contribution in [0.5, 0.6) is 0 Å². The molecule has 114 valence electrons. The van der Waals surface area contributed by atoms with E-state index in [1.807, 2.05) is 0 Å². The summed E-state index contributed by atoms with van der Waals surface area (Å²) in [5, 5.41) is 0.186. The molecular formula is C14H15ClFNO4. The molecular weight excluding hydrogens is 301 g/mol. The first-order chi connectivity index (χ1) is 10.0. The van der Waals surface area contributed by atoms with Crippen molar-refractivity contribution in [1.82, 2.24) is 4.90 Å². The molecule has 1 aromatic carbocycles. The van der Waals surface area contributed by atoms with E-state index in [1.165, 1.54) is 30.2 Å². The van der Waals surface area contributed by atoms with Crippen molar-refractivity contribution in [2.45, 2.75) is 12.5 Å². The smallest absolute Gasteiger partial charge is 0.331 e. The van der Waals surface area contributed by atoms with Crippen LogP contribution >= 0.6 is 11.6 Å². The molecule has 0 spiro atoms. The minimum Gasteiger partial charge on any atom is -0.467 e. The van der Waals surface area contributed by atoms with Crippen LogP contribution in [-0.2, 0) is 25.5 Å². The lowest BCUT2D eigenvalue weighted by Crippen LogP contribution is -2.53. The quantitative estimate of drug-likeness (QED) is 0.792. The van der Waals surface area contributed by atoms with Gasteiger partial charge in [0, 0.05) is 17.1 Å². The highest BCUT2D eigenvalue weighted by atomic mass is 35.5. The lowest BCUT2D eigenvalue weighted by atomic mass is 10.1. The van der Waals surface area contributed by atoms with E-state index in [9.17, 15) is 14.0 Å². The molecule has 0 saturated carbocycles. The Morgan fingerprint density at radius 1 is 1.52 bits per heavy atom. The molecule has 1 fully saturated rings.